The average molecular weight is 213 g/mol. The van der Waals surface area contributed by atoms with Gasteiger partial charge in [0.2, 0.25) is 0 Å². The molecule has 0 radical (unpaired) electrons. The number of carbonyl (C=O) groups excluding carboxylic acids is 1. The summed E-state index contributed by atoms with van der Waals surface area (Å²) >= 11 is 0. The van der Waals surface area contributed by atoms with Crippen molar-refractivity contribution in [3.05, 3.63) is 0 Å². The summed E-state index contributed by atoms with van der Waals surface area (Å²) in [6, 6.07) is 0. The molecule has 0 aliphatic carbocycles. The molecule has 0 aromatic rings. The highest BCUT2D eigenvalue weighted by atomic mass is 16.6. The average Bonchev–Trinajstić information content (AvgIpc) is 2.17. The lowest BCUT2D eigenvalue weighted by Crippen LogP contribution is -2.36. The second kappa shape index (κ2) is 5.38. The van der Waals surface area contributed by atoms with Gasteiger partial charge in [0.05, 0.1) is 6.61 Å². The lowest BCUT2D eigenvalue weighted by molar-refractivity contribution is 0.0858. The van der Waals surface area contributed by atoms with Gasteiger partial charge in [0.25, 0.3) is 0 Å². The summed E-state index contributed by atoms with van der Waals surface area (Å²) in [5, 5.41) is 0. The monoisotopic (exact) mass is 213 g/mol. The van der Waals surface area contributed by atoms with E-state index >= 15 is 0 Å². The molecule has 0 spiro atoms. The minimum Gasteiger partial charge on any atom is -0.449 e. The van der Waals surface area contributed by atoms with Gasteiger partial charge < -0.3 is 9.64 Å². The van der Waals surface area contributed by atoms with Gasteiger partial charge in [-0.15, -0.1) is 0 Å². The van der Waals surface area contributed by atoms with Gasteiger partial charge in [0, 0.05) is 13.1 Å². The Hall–Kier alpha value is -0.730. The molecule has 1 aliphatic heterocycles. The van der Waals surface area contributed by atoms with Crippen molar-refractivity contribution in [2.24, 2.45) is 5.41 Å². The Labute approximate surface area is 92.8 Å². The van der Waals surface area contributed by atoms with Gasteiger partial charge >= 0.3 is 6.09 Å². The number of piperidine rings is 1. The Kier molecular flexibility index (Phi) is 4.43. The second-order valence-corrected chi connectivity index (χ2v) is 5.47. The Morgan fingerprint density at radius 1 is 1.20 bits per heavy atom. The highest BCUT2D eigenvalue weighted by Gasteiger charge is 2.18. The molecule has 0 atom stereocenters. The maximum absolute atomic E-state index is 11.6. The molecule has 3 nitrogen and oxygen atoms in total. The zero-order chi connectivity index (χ0) is 11.3. The highest BCUT2D eigenvalue weighted by Crippen LogP contribution is 2.18. The van der Waals surface area contributed by atoms with Crippen LogP contribution >= 0.6 is 0 Å². The fourth-order valence-corrected chi connectivity index (χ4v) is 1.61. The van der Waals surface area contributed by atoms with E-state index in [1.165, 1.54) is 6.42 Å². The molecule has 0 aromatic heterocycles. The van der Waals surface area contributed by atoms with Crippen LogP contribution < -0.4 is 0 Å². The predicted molar refractivity (Wildman–Crippen MR) is 60.8 cm³/mol. The van der Waals surface area contributed by atoms with Crippen LogP contribution in [0.1, 0.15) is 46.5 Å². The van der Waals surface area contributed by atoms with Crippen molar-refractivity contribution >= 4 is 6.09 Å². The van der Waals surface area contributed by atoms with Crippen LogP contribution in [0.4, 0.5) is 4.79 Å². The van der Waals surface area contributed by atoms with Gasteiger partial charge in [-0.1, -0.05) is 20.8 Å². The normalized spacial score (nSPS) is 17.7. The van der Waals surface area contributed by atoms with Crippen LogP contribution in [-0.2, 0) is 4.74 Å². The summed E-state index contributed by atoms with van der Waals surface area (Å²) in [7, 11) is 0. The number of nitrogens with zero attached hydrogens (tertiary/aromatic N) is 1. The largest absolute Gasteiger partial charge is 0.449 e. The predicted octanol–water partition coefficient (Wildman–Crippen LogP) is 3.05. The molecule has 0 bridgehead atoms. The molecule has 3 heteroatoms. The molecule has 88 valence electrons. The SMILES string of the molecule is CC(C)(C)CCOC(=O)N1CCCCC1. The van der Waals surface area contributed by atoms with Crippen molar-refractivity contribution in [1.29, 1.82) is 0 Å². The number of amides is 1. The fraction of sp³-hybridized carbons (Fsp3) is 0.917. The third-order valence-electron chi connectivity index (χ3n) is 2.69. The lowest BCUT2D eigenvalue weighted by atomic mass is 9.93. The minimum absolute atomic E-state index is 0.126. The summed E-state index contributed by atoms with van der Waals surface area (Å²) in [5.41, 5.74) is 0.238. The summed E-state index contributed by atoms with van der Waals surface area (Å²) < 4.78 is 5.24. The highest BCUT2D eigenvalue weighted by molar-refractivity contribution is 5.67. The molecule has 0 unspecified atom stereocenters. The van der Waals surface area contributed by atoms with E-state index < -0.39 is 0 Å². The van der Waals surface area contributed by atoms with Gasteiger partial charge in [-0.25, -0.2) is 4.79 Å². The maximum Gasteiger partial charge on any atom is 0.409 e. The Balaban J connectivity index is 2.17. The van der Waals surface area contributed by atoms with Crippen LogP contribution in [-0.4, -0.2) is 30.7 Å². The molecule has 1 rings (SSSR count). The second-order valence-electron chi connectivity index (χ2n) is 5.47. The number of rotatable bonds is 2. The van der Waals surface area contributed by atoms with Crippen molar-refractivity contribution in [2.75, 3.05) is 19.7 Å². The first kappa shape index (κ1) is 12.3. The number of ether oxygens (including phenoxy) is 1. The third-order valence-corrected chi connectivity index (χ3v) is 2.69. The first-order valence-electron chi connectivity index (χ1n) is 5.91. The molecule has 15 heavy (non-hydrogen) atoms. The van der Waals surface area contributed by atoms with Crippen LogP contribution in [0.3, 0.4) is 0 Å². The Morgan fingerprint density at radius 2 is 1.80 bits per heavy atom. The van der Waals surface area contributed by atoms with Crippen molar-refractivity contribution in [3.8, 4) is 0 Å². The Morgan fingerprint density at radius 3 is 2.33 bits per heavy atom. The van der Waals surface area contributed by atoms with Crippen LogP contribution in [0.25, 0.3) is 0 Å². The van der Waals surface area contributed by atoms with Crippen LogP contribution in [0.2, 0.25) is 0 Å². The first-order valence-corrected chi connectivity index (χ1v) is 5.91. The number of likely N-dealkylation sites (tertiary alicyclic amines) is 1. The summed E-state index contributed by atoms with van der Waals surface area (Å²) in [6.07, 6.45) is 4.28. The van der Waals surface area contributed by atoms with E-state index in [-0.39, 0.29) is 11.5 Å². The summed E-state index contributed by atoms with van der Waals surface area (Å²) in [4.78, 5) is 13.4. The van der Waals surface area contributed by atoms with Gasteiger partial charge in [-0.2, -0.15) is 0 Å². The van der Waals surface area contributed by atoms with Crippen molar-refractivity contribution < 1.29 is 9.53 Å². The molecule has 0 aromatic carbocycles. The van der Waals surface area contributed by atoms with E-state index in [4.69, 9.17) is 4.74 Å². The van der Waals surface area contributed by atoms with E-state index in [2.05, 4.69) is 20.8 Å². The number of carbonyl (C=O) groups is 1. The van der Waals surface area contributed by atoms with Crippen molar-refractivity contribution in [2.45, 2.75) is 46.5 Å². The van der Waals surface area contributed by atoms with Crippen LogP contribution in [0.5, 0.6) is 0 Å². The zero-order valence-corrected chi connectivity index (χ0v) is 10.2. The third kappa shape index (κ3) is 5.05. The topological polar surface area (TPSA) is 29.5 Å². The van der Waals surface area contributed by atoms with E-state index in [0.29, 0.717) is 6.61 Å². The maximum atomic E-state index is 11.6. The first-order chi connectivity index (χ1) is 6.99. The quantitative estimate of drug-likeness (QED) is 0.705. The lowest BCUT2D eigenvalue weighted by Gasteiger charge is -2.26. The number of hydrogen-bond donors (Lipinski definition) is 0. The molecular weight excluding hydrogens is 190 g/mol. The van der Waals surface area contributed by atoms with E-state index in [9.17, 15) is 4.79 Å². The van der Waals surface area contributed by atoms with Crippen molar-refractivity contribution in [1.82, 2.24) is 4.90 Å². The van der Waals surface area contributed by atoms with Crippen LogP contribution in [0, 0.1) is 5.41 Å². The Bertz CT molecular complexity index is 202. The molecule has 1 aliphatic rings. The van der Waals surface area contributed by atoms with Crippen LogP contribution in [0.15, 0.2) is 0 Å². The molecule has 1 fully saturated rings. The van der Waals surface area contributed by atoms with Gasteiger partial charge in [0.1, 0.15) is 0 Å². The molecular formula is C12H23NO2. The molecule has 1 saturated heterocycles. The van der Waals surface area contributed by atoms with Gasteiger partial charge in [-0.3, -0.25) is 0 Å². The molecule has 1 amide bonds. The van der Waals surface area contributed by atoms with Gasteiger partial charge in [-0.05, 0) is 31.1 Å². The van der Waals surface area contributed by atoms with Gasteiger partial charge in [0.15, 0.2) is 0 Å². The van der Waals surface area contributed by atoms with Crippen molar-refractivity contribution in [3.63, 3.8) is 0 Å². The number of hydrogen-bond acceptors (Lipinski definition) is 2. The standard InChI is InChI=1S/C12H23NO2/c1-12(2,3)7-10-15-11(14)13-8-5-4-6-9-13/h4-10H2,1-3H3. The molecule has 0 saturated carbocycles. The van der Waals surface area contributed by atoms with E-state index in [1.54, 1.807) is 0 Å². The summed E-state index contributed by atoms with van der Waals surface area (Å²) in [6.45, 7) is 8.74. The summed E-state index contributed by atoms with van der Waals surface area (Å²) in [5.74, 6) is 0. The smallest absolute Gasteiger partial charge is 0.409 e. The minimum atomic E-state index is -0.126. The van der Waals surface area contributed by atoms with E-state index in [0.717, 1.165) is 32.4 Å². The van der Waals surface area contributed by atoms with E-state index in [1.807, 2.05) is 4.90 Å². The fourth-order valence-electron chi connectivity index (χ4n) is 1.61. The molecule has 0 N–H and O–H groups in total. The zero-order valence-electron chi connectivity index (χ0n) is 10.2. The molecule has 1 heterocycles.